The lowest BCUT2D eigenvalue weighted by Gasteiger charge is -2.11. The van der Waals surface area contributed by atoms with Crippen LogP contribution in [0.5, 0.6) is 5.75 Å². The zero-order chi connectivity index (χ0) is 24.3. The van der Waals surface area contributed by atoms with E-state index in [2.05, 4.69) is 15.0 Å². The number of aryl methyl sites for hydroxylation is 1. The average Bonchev–Trinajstić information content (AvgIpc) is 3.22. The number of hydrogen-bond acceptors (Lipinski definition) is 7. The smallest absolute Gasteiger partial charge is 0.262 e. The maximum absolute atomic E-state index is 12.9. The zero-order valence-corrected chi connectivity index (χ0v) is 20.4. The van der Waals surface area contributed by atoms with Gasteiger partial charge in [-0.15, -0.1) is 0 Å². The van der Waals surface area contributed by atoms with E-state index in [9.17, 15) is 13.2 Å². The summed E-state index contributed by atoms with van der Waals surface area (Å²) >= 11 is 1.15. The molecule has 0 unspecified atom stereocenters. The number of oxazole rings is 1. The first-order valence-corrected chi connectivity index (χ1v) is 12.7. The molecule has 0 saturated carbocycles. The predicted molar refractivity (Wildman–Crippen MR) is 133 cm³/mol. The fraction of sp³-hybridized carbons (Fsp3) is 0.167. The number of aromatic nitrogens is 1. The Labute approximate surface area is 201 Å². The molecule has 8 nitrogen and oxygen atoms in total. The van der Waals surface area contributed by atoms with E-state index in [1.807, 2.05) is 31.2 Å². The lowest BCUT2D eigenvalue weighted by Crippen LogP contribution is -2.22. The van der Waals surface area contributed by atoms with Crippen molar-refractivity contribution in [1.29, 1.82) is 0 Å². The highest BCUT2D eigenvalue weighted by molar-refractivity contribution is 8.00. The molecule has 0 radical (unpaired) electrons. The number of carbonyl (C=O) groups excluding carboxylic acids is 1. The first-order chi connectivity index (χ1) is 16.3. The van der Waals surface area contributed by atoms with Crippen LogP contribution in [-0.4, -0.2) is 31.7 Å². The molecule has 0 fully saturated rings. The first-order valence-electron chi connectivity index (χ1n) is 10.4. The molecule has 0 aliphatic carbocycles. The van der Waals surface area contributed by atoms with Crippen molar-refractivity contribution < 1.29 is 22.4 Å². The SMILES string of the molecule is COc1ccccc1NS(=O)(=O)c1ccc2oc(S[C@H](C)C(=O)Nc3ccccc3C)nc2c1. The zero-order valence-electron chi connectivity index (χ0n) is 18.7. The fourth-order valence-corrected chi connectivity index (χ4v) is 5.04. The van der Waals surface area contributed by atoms with Gasteiger partial charge in [-0.05, 0) is 55.8 Å². The van der Waals surface area contributed by atoms with Crippen LogP contribution in [0.1, 0.15) is 12.5 Å². The van der Waals surface area contributed by atoms with Crippen LogP contribution in [0.3, 0.4) is 0 Å². The van der Waals surface area contributed by atoms with E-state index in [0.29, 0.717) is 22.5 Å². The Morgan fingerprint density at radius 1 is 1.06 bits per heavy atom. The highest BCUT2D eigenvalue weighted by Crippen LogP contribution is 2.30. The second-order valence-corrected chi connectivity index (χ2v) is 10.5. The lowest BCUT2D eigenvalue weighted by atomic mass is 10.2. The Bertz CT molecular complexity index is 1450. The van der Waals surface area contributed by atoms with E-state index in [0.717, 1.165) is 23.0 Å². The number of fused-ring (bicyclic) bond motifs is 1. The quantitative estimate of drug-likeness (QED) is 0.327. The monoisotopic (exact) mass is 497 g/mol. The van der Waals surface area contributed by atoms with Gasteiger partial charge in [-0.2, -0.15) is 0 Å². The molecular weight excluding hydrogens is 474 g/mol. The number of rotatable bonds is 8. The van der Waals surface area contributed by atoms with Crippen LogP contribution < -0.4 is 14.8 Å². The highest BCUT2D eigenvalue weighted by atomic mass is 32.2. The van der Waals surface area contributed by atoms with Gasteiger partial charge in [0.15, 0.2) is 5.58 Å². The Morgan fingerprint density at radius 3 is 2.50 bits per heavy atom. The summed E-state index contributed by atoms with van der Waals surface area (Å²) in [7, 11) is -2.42. The number of thioether (sulfide) groups is 1. The summed E-state index contributed by atoms with van der Waals surface area (Å²) in [5.41, 5.74) is 2.83. The molecule has 0 aliphatic rings. The molecule has 0 bridgehead atoms. The number of carbonyl (C=O) groups is 1. The number of methoxy groups -OCH3 is 1. The third kappa shape index (κ3) is 5.18. The average molecular weight is 498 g/mol. The second-order valence-electron chi connectivity index (χ2n) is 7.48. The molecule has 176 valence electrons. The summed E-state index contributed by atoms with van der Waals surface area (Å²) in [5, 5.41) is 2.69. The summed E-state index contributed by atoms with van der Waals surface area (Å²) in [4.78, 5) is 17.0. The minimum Gasteiger partial charge on any atom is -0.495 e. The van der Waals surface area contributed by atoms with Crippen LogP contribution >= 0.6 is 11.8 Å². The fourth-order valence-electron chi connectivity index (χ4n) is 3.19. The molecule has 34 heavy (non-hydrogen) atoms. The Morgan fingerprint density at radius 2 is 1.76 bits per heavy atom. The lowest BCUT2D eigenvalue weighted by molar-refractivity contribution is -0.115. The Kier molecular flexibility index (Phi) is 6.80. The molecule has 1 amide bonds. The van der Waals surface area contributed by atoms with Crippen molar-refractivity contribution in [1.82, 2.24) is 4.98 Å². The van der Waals surface area contributed by atoms with Gasteiger partial charge in [-0.25, -0.2) is 13.4 Å². The number of amides is 1. The molecule has 10 heteroatoms. The Balaban J connectivity index is 1.50. The normalized spacial score (nSPS) is 12.3. The van der Waals surface area contributed by atoms with Gasteiger partial charge in [0.1, 0.15) is 11.3 Å². The van der Waals surface area contributed by atoms with Crippen LogP contribution in [0.15, 0.2) is 81.3 Å². The van der Waals surface area contributed by atoms with Crippen LogP contribution in [0.4, 0.5) is 11.4 Å². The molecule has 1 heterocycles. The third-order valence-corrected chi connectivity index (χ3v) is 7.36. The van der Waals surface area contributed by atoms with Gasteiger partial charge in [0.2, 0.25) is 5.91 Å². The summed E-state index contributed by atoms with van der Waals surface area (Å²) in [6, 6.07) is 18.7. The van der Waals surface area contributed by atoms with Gasteiger partial charge in [-0.1, -0.05) is 42.1 Å². The number of anilines is 2. The summed E-state index contributed by atoms with van der Waals surface area (Å²) in [5.74, 6) is 0.219. The minimum atomic E-state index is -3.89. The number of nitrogens with one attached hydrogen (secondary N) is 2. The number of benzene rings is 3. The molecule has 1 aromatic heterocycles. The van der Waals surface area contributed by atoms with Crippen molar-refractivity contribution in [2.24, 2.45) is 0 Å². The maximum Gasteiger partial charge on any atom is 0.262 e. The van der Waals surface area contributed by atoms with E-state index >= 15 is 0 Å². The number of sulfonamides is 1. The summed E-state index contributed by atoms with van der Waals surface area (Å²) in [6.07, 6.45) is 0. The Hall–Kier alpha value is -3.50. The number of nitrogens with zero attached hydrogens (tertiary/aromatic N) is 1. The third-order valence-electron chi connectivity index (χ3n) is 5.05. The van der Waals surface area contributed by atoms with E-state index in [1.54, 1.807) is 37.3 Å². The largest absolute Gasteiger partial charge is 0.495 e. The van der Waals surface area contributed by atoms with Crippen molar-refractivity contribution in [3.05, 3.63) is 72.3 Å². The standard InChI is InChI=1S/C24H23N3O5S2/c1-15-8-4-5-9-18(15)25-23(28)16(2)33-24-26-20-14-17(12-13-22(20)32-24)34(29,30)27-19-10-6-7-11-21(19)31-3/h4-14,16,27H,1-3H3,(H,25,28)/t16-/m1/s1. The van der Waals surface area contributed by atoms with E-state index < -0.39 is 15.3 Å². The van der Waals surface area contributed by atoms with Crippen molar-refractivity contribution in [3.8, 4) is 5.75 Å². The molecule has 2 N–H and O–H groups in total. The van der Waals surface area contributed by atoms with Gasteiger partial charge >= 0.3 is 0 Å². The summed E-state index contributed by atoms with van der Waals surface area (Å²) in [6.45, 7) is 3.67. The van der Waals surface area contributed by atoms with Crippen molar-refractivity contribution >= 4 is 50.2 Å². The van der Waals surface area contributed by atoms with Crippen LogP contribution in [-0.2, 0) is 14.8 Å². The van der Waals surface area contributed by atoms with Crippen molar-refractivity contribution in [2.75, 3.05) is 17.1 Å². The summed E-state index contributed by atoms with van der Waals surface area (Å²) < 4.78 is 39.3. The van der Waals surface area contributed by atoms with Gasteiger partial charge in [-0.3, -0.25) is 9.52 Å². The first kappa shape index (κ1) is 23.7. The van der Waals surface area contributed by atoms with Crippen LogP contribution in [0.2, 0.25) is 0 Å². The van der Waals surface area contributed by atoms with Gasteiger partial charge in [0.05, 0.1) is 22.9 Å². The molecule has 4 rings (SSSR count). The van der Waals surface area contributed by atoms with E-state index in [4.69, 9.17) is 9.15 Å². The molecule has 0 saturated heterocycles. The molecule has 4 aromatic rings. The maximum atomic E-state index is 12.9. The predicted octanol–water partition coefficient (Wildman–Crippen LogP) is 5.06. The molecular formula is C24H23N3O5S2. The molecule has 1 atom stereocenters. The highest BCUT2D eigenvalue weighted by Gasteiger charge is 2.21. The molecule has 0 spiro atoms. The molecule has 3 aromatic carbocycles. The minimum absolute atomic E-state index is 0.0288. The van der Waals surface area contributed by atoms with Gasteiger partial charge in [0, 0.05) is 5.69 Å². The second kappa shape index (κ2) is 9.78. The van der Waals surface area contributed by atoms with Crippen molar-refractivity contribution in [2.45, 2.75) is 29.2 Å². The van der Waals surface area contributed by atoms with Crippen molar-refractivity contribution in [3.63, 3.8) is 0 Å². The van der Waals surface area contributed by atoms with E-state index in [1.165, 1.54) is 19.2 Å². The topological polar surface area (TPSA) is 111 Å². The van der Waals surface area contributed by atoms with Crippen LogP contribution in [0, 0.1) is 6.92 Å². The van der Waals surface area contributed by atoms with Crippen LogP contribution in [0.25, 0.3) is 11.1 Å². The number of para-hydroxylation sites is 3. The number of hydrogen-bond donors (Lipinski definition) is 2. The van der Waals surface area contributed by atoms with Gasteiger partial charge < -0.3 is 14.5 Å². The van der Waals surface area contributed by atoms with Gasteiger partial charge in [0.25, 0.3) is 15.2 Å². The van der Waals surface area contributed by atoms with E-state index in [-0.39, 0.29) is 16.0 Å². The number of ether oxygens (including phenoxy) is 1. The molecule has 0 aliphatic heterocycles.